The number of aromatic amines is 1. The van der Waals surface area contributed by atoms with E-state index in [-0.39, 0.29) is 23.6 Å². The summed E-state index contributed by atoms with van der Waals surface area (Å²) in [6, 6.07) is 4.66. The molecule has 0 atom stereocenters. The van der Waals surface area contributed by atoms with Crippen molar-refractivity contribution in [2.75, 3.05) is 44.7 Å². The average Bonchev–Trinajstić information content (AvgIpc) is 2.67. The van der Waals surface area contributed by atoms with Crippen molar-refractivity contribution in [3.8, 4) is 5.75 Å². The molecule has 0 unspecified atom stereocenters. The molecule has 2 aromatic rings. The maximum Gasteiger partial charge on any atom is 0.345 e. The number of hydrogen-bond acceptors (Lipinski definition) is 7. The van der Waals surface area contributed by atoms with Gasteiger partial charge in [-0.05, 0) is 32.2 Å². The molecule has 0 saturated carbocycles. The van der Waals surface area contributed by atoms with Gasteiger partial charge in [0.15, 0.2) is 0 Å². The molecule has 2 heterocycles. The highest BCUT2D eigenvalue weighted by Gasteiger charge is 2.28. The molecule has 30 heavy (non-hydrogen) atoms. The van der Waals surface area contributed by atoms with Crippen LogP contribution in [0.15, 0.2) is 28.0 Å². The maximum absolute atomic E-state index is 12.7. The van der Waals surface area contributed by atoms with Crippen molar-refractivity contribution in [3.63, 3.8) is 0 Å². The van der Waals surface area contributed by atoms with E-state index in [1.165, 1.54) is 6.21 Å². The Morgan fingerprint density at radius 2 is 1.87 bits per heavy atom. The van der Waals surface area contributed by atoms with E-state index in [0.717, 1.165) is 13.1 Å². The predicted molar refractivity (Wildman–Crippen MR) is 118 cm³/mol. The van der Waals surface area contributed by atoms with Gasteiger partial charge in [0.05, 0.1) is 12.3 Å². The molecule has 8 nitrogen and oxygen atoms in total. The van der Waals surface area contributed by atoms with E-state index in [1.54, 1.807) is 25.1 Å². The number of esters is 1. The number of aliphatic imine (C=N–C) groups is 1. The van der Waals surface area contributed by atoms with Crippen LogP contribution in [0.5, 0.6) is 5.75 Å². The third kappa shape index (κ3) is 4.95. The first-order chi connectivity index (χ1) is 14.3. The van der Waals surface area contributed by atoms with Gasteiger partial charge in [-0.15, -0.1) is 0 Å². The summed E-state index contributed by atoms with van der Waals surface area (Å²) < 4.78 is 5.11. The van der Waals surface area contributed by atoms with Gasteiger partial charge in [0.1, 0.15) is 22.7 Å². The minimum absolute atomic E-state index is 0.0911. The number of hydrogen-bond donors (Lipinski definition) is 2. The van der Waals surface area contributed by atoms with Crippen molar-refractivity contribution in [3.05, 3.63) is 49.7 Å². The topological polar surface area (TPSA) is 98.2 Å². The van der Waals surface area contributed by atoms with Gasteiger partial charge in [0.25, 0.3) is 5.56 Å². The van der Waals surface area contributed by atoms with E-state index in [0.29, 0.717) is 28.8 Å². The number of rotatable bonds is 5. The molecule has 0 radical (unpaired) electrons. The second-order valence-electron chi connectivity index (χ2n) is 6.84. The average molecular weight is 453 g/mol. The maximum atomic E-state index is 12.7. The van der Waals surface area contributed by atoms with Crippen molar-refractivity contribution in [2.24, 2.45) is 4.99 Å². The minimum Gasteiger partial charge on any atom is -0.506 e. The van der Waals surface area contributed by atoms with E-state index in [9.17, 15) is 14.7 Å². The number of piperazine rings is 1. The van der Waals surface area contributed by atoms with Gasteiger partial charge in [-0.1, -0.05) is 23.2 Å². The summed E-state index contributed by atoms with van der Waals surface area (Å²) in [6.45, 7) is 4.48. The molecule has 1 aliphatic heterocycles. The van der Waals surface area contributed by atoms with E-state index in [2.05, 4.69) is 14.9 Å². The van der Waals surface area contributed by atoms with Gasteiger partial charge in [-0.3, -0.25) is 9.79 Å². The Kier molecular flexibility index (Phi) is 7.02. The van der Waals surface area contributed by atoms with E-state index >= 15 is 0 Å². The van der Waals surface area contributed by atoms with Crippen LogP contribution in [0, 0.1) is 0 Å². The molecule has 160 valence electrons. The largest absolute Gasteiger partial charge is 0.506 e. The number of aromatic hydroxyl groups is 1. The Morgan fingerprint density at radius 3 is 2.47 bits per heavy atom. The predicted octanol–water partition coefficient (Wildman–Crippen LogP) is 3.07. The molecule has 10 heteroatoms. The van der Waals surface area contributed by atoms with Crippen molar-refractivity contribution in [1.29, 1.82) is 0 Å². The molecule has 3 rings (SSSR count). The molecule has 1 saturated heterocycles. The van der Waals surface area contributed by atoms with E-state index < -0.39 is 17.3 Å². The lowest BCUT2D eigenvalue weighted by atomic mass is 10.1. The molecule has 1 aromatic heterocycles. The highest BCUT2D eigenvalue weighted by atomic mass is 35.5. The smallest absolute Gasteiger partial charge is 0.345 e. The van der Waals surface area contributed by atoms with E-state index in [4.69, 9.17) is 27.9 Å². The molecule has 1 aliphatic rings. The third-order valence-corrected chi connectivity index (χ3v) is 5.13. The Balaban J connectivity index is 2.06. The first kappa shape index (κ1) is 22.1. The van der Waals surface area contributed by atoms with Crippen LogP contribution in [-0.4, -0.2) is 67.0 Å². The SMILES string of the molecule is CCOC(=O)c1c(N2CCN(C)CC2)[nH]c(=O)c(C=Nc2cc(Cl)cc(Cl)c2)c1O. The molecule has 1 fully saturated rings. The lowest BCUT2D eigenvalue weighted by Crippen LogP contribution is -2.46. The van der Waals surface area contributed by atoms with E-state index in [1.807, 2.05) is 11.9 Å². The normalized spacial score (nSPS) is 15.0. The van der Waals surface area contributed by atoms with Crippen molar-refractivity contribution in [2.45, 2.75) is 6.92 Å². The first-order valence-electron chi connectivity index (χ1n) is 9.40. The van der Waals surface area contributed by atoms with Crippen LogP contribution in [0.2, 0.25) is 10.0 Å². The van der Waals surface area contributed by atoms with Crippen molar-refractivity contribution >= 4 is 46.9 Å². The van der Waals surface area contributed by atoms with Crippen molar-refractivity contribution < 1.29 is 14.6 Å². The molecule has 0 amide bonds. The fourth-order valence-corrected chi connectivity index (χ4v) is 3.64. The number of carbonyl (C=O) groups excluding carboxylic acids is 1. The number of halogens is 2. The van der Waals surface area contributed by atoms with Crippen LogP contribution in [-0.2, 0) is 4.74 Å². The summed E-state index contributed by atoms with van der Waals surface area (Å²) in [5, 5.41) is 11.6. The third-order valence-electron chi connectivity index (χ3n) is 4.69. The summed E-state index contributed by atoms with van der Waals surface area (Å²) >= 11 is 11.9. The Hall–Kier alpha value is -2.55. The molecule has 1 aromatic carbocycles. The first-order valence-corrected chi connectivity index (χ1v) is 10.2. The Morgan fingerprint density at radius 1 is 1.23 bits per heavy atom. The minimum atomic E-state index is -0.722. The van der Waals surface area contributed by atoms with Crippen LogP contribution in [0.3, 0.4) is 0 Å². The molecule has 0 bridgehead atoms. The number of H-pyrrole nitrogens is 1. The fourth-order valence-electron chi connectivity index (χ4n) is 3.13. The number of aromatic nitrogens is 1. The van der Waals surface area contributed by atoms with Gasteiger partial charge < -0.3 is 24.6 Å². The summed E-state index contributed by atoms with van der Waals surface area (Å²) in [5.74, 6) is -0.962. The lowest BCUT2D eigenvalue weighted by molar-refractivity contribution is 0.0523. The molecule has 0 spiro atoms. The number of carbonyl (C=O) groups is 1. The van der Waals surface area contributed by atoms with Gasteiger partial charge in [-0.25, -0.2) is 4.79 Å². The highest BCUT2D eigenvalue weighted by Crippen LogP contribution is 2.30. The van der Waals surface area contributed by atoms with Gasteiger partial charge in [0, 0.05) is 42.4 Å². The highest BCUT2D eigenvalue weighted by molar-refractivity contribution is 6.35. The Labute approximate surface area is 183 Å². The summed E-state index contributed by atoms with van der Waals surface area (Å²) in [4.78, 5) is 36.2. The number of likely N-dealkylation sites (N-methyl/N-ethyl adjacent to an activating group) is 1. The Bertz CT molecular complexity index is 1010. The zero-order chi connectivity index (χ0) is 21.8. The molecular formula is C20H22Cl2N4O4. The second-order valence-corrected chi connectivity index (χ2v) is 7.71. The molecule has 0 aliphatic carbocycles. The van der Waals surface area contributed by atoms with Crippen LogP contribution in [0.1, 0.15) is 22.8 Å². The molecular weight excluding hydrogens is 431 g/mol. The standard InChI is InChI=1S/C20H22Cl2N4O4/c1-3-30-20(29)16-17(27)15(11-23-14-9-12(21)8-13(22)10-14)19(28)24-18(16)26-6-4-25(2)5-7-26/h8-11H,3-7H2,1-2H3,(H2,24,27,28). The van der Waals surface area contributed by atoms with Crippen LogP contribution >= 0.6 is 23.2 Å². The summed E-state index contributed by atoms with van der Waals surface area (Å²) in [6.07, 6.45) is 1.17. The number of ether oxygens (including phenoxy) is 1. The van der Waals surface area contributed by atoms with Crippen molar-refractivity contribution in [1.82, 2.24) is 9.88 Å². The quantitative estimate of drug-likeness (QED) is 0.534. The number of pyridine rings is 1. The summed E-state index contributed by atoms with van der Waals surface area (Å²) in [7, 11) is 1.99. The summed E-state index contributed by atoms with van der Waals surface area (Å²) in [5.41, 5.74) is -0.433. The van der Waals surface area contributed by atoms with Crippen LogP contribution < -0.4 is 10.5 Å². The number of nitrogens with one attached hydrogen (secondary N) is 1. The van der Waals surface area contributed by atoms with Gasteiger partial charge in [0.2, 0.25) is 0 Å². The number of anilines is 1. The number of benzene rings is 1. The van der Waals surface area contributed by atoms with Crippen LogP contribution in [0.4, 0.5) is 11.5 Å². The zero-order valence-electron chi connectivity index (χ0n) is 16.6. The van der Waals surface area contributed by atoms with Gasteiger partial charge >= 0.3 is 5.97 Å². The zero-order valence-corrected chi connectivity index (χ0v) is 18.1. The lowest BCUT2D eigenvalue weighted by Gasteiger charge is -2.34. The number of nitrogens with zero attached hydrogens (tertiary/aromatic N) is 3. The fraction of sp³-hybridized carbons (Fsp3) is 0.350. The second kappa shape index (κ2) is 9.51. The van der Waals surface area contributed by atoms with Crippen LogP contribution in [0.25, 0.3) is 0 Å². The van der Waals surface area contributed by atoms with Gasteiger partial charge in [-0.2, -0.15) is 0 Å². The molecule has 2 N–H and O–H groups in total. The monoisotopic (exact) mass is 452 g/mol.